The summed E-state index contributed by atoms with van der Waals surface area (Å²) in [6.07, 6.45) is 6.30. The minimum absolute atomic E-state index is 0.0730. The van der Waals surface area contributed by atoms with Gasteiger partial charge in [0.15, 0.2) is 11.2 Å². The Morgan fingerprint density at radius 2 is 1.59 bits per heavy atom. The van der Waals surface area contributed by atoms with Crippen molar-refractivity contribution in [3.05, 3.63) is 113 Å². The van der Waals surface area contributed by atoms with Gasteiger partial charge in [0.1, 0.15) is 12.2 Å². The lowest BCUT2D eigenvalue weighted by Crippen LogP contribution is -2.22. The number of imidazole rings is 1. The summed E-state index contributed by atoms with van der Waals surface area (Å²) in [5.74, 6) is 0.352. The van der Waals surface area contributed by atoms with E-state index in [1.54, 1.807) is 59.6 Å². The van der Waals surface area contributed by atoms with E-state index in [-0.39, 0.29) is 16.1 Å². The monoisotopic (exact) mass is 555 g/mol. The van der Waals surface area contributed by atoms with Crippen molar-refractivity contribution in [2.45, 2.75) is 4.90 Å². The van der Waals surface area contributed by atoms with Gasteiger partial charge in [0.25, 0.3) is 5.56 Å². The molecule has 12 heteroatoms. The lowest BCUT2D eigenvalue weighted by molar-refractivity contribution is 0.597. The van der Waals surface area contributed by atoms with E-state index in [9.17, 15) is 13.2 Å². The lowest BCUT2D eigenvalue weighted by Gasteiger charge is -2.14. The van der Waals surface area contributed by atoms with E-state index in [1.807, 2.05) is 24.3 Å². The topological polar surface area (TPSA) is 139 Å². The molecule has 3 aromatic heterocycles. The van der Waals surface area contributed by atoms with Gasteiger partial charge in [-0.25, -0.2) is 23.5 Å². The maximum absolute atomic E-state index is 13.8. The van der Waals surface area contributed by atoms with Crippen molar-refractivity contribution in [2.75, 3.05) is 0 Å². The second-order valence-corrected chi connectivity index (χ2v) is 10.5. The lowest BCUT2D eigenvalue weighted by atomic mass is 10.1. The average Bonchev–Trinajstić information content (AvgIpc) is 3.38. The average molecular weight is 556 g/mol. The third kappa shape index (κ3) is 4.59. The molecule has 6 aromatic rings. The van der Waals surface area contributed by atoms with Crippen LogP contribution < -0.4 is 10.7 Å². The summed E-state index contributed by atoms with van der Waals surface area (Å²) in [6.45, 7) is 0. The molecule has 0 amide bonds. The number of benzene rings is 3. The molecule has 0 aliphatic heterocycles. The Kier molecular flexibility index (Phi) is 6.03. The van der Waals surface area contributed by atoms with Crippen LogP contribution in [0.4, 0.5) is 0 Å². The molecule has 0 saturated carbocycles. The van der Waals surface area contributed by atoms with Gasteiger partial charge in [-0.15, -0.1) is 0 Å². The van der Waals surface area contributed by atoms with Crippen LogP contribution in [0.15, 0.2) is 107 Å². The summed E-state index contributed by atoms with van der Waals surface area (Å²) in [7, 11) is -3.94. The van der Waals surface area contributed by atoms with E-state index in [1.165, 1.54) is 23.0 Å². The van der Waals surface area contributed by atoms with E-state index in [0.29, 0.717) is 33.5 Å². The second-order valence-electron chi connectivity index (χ2n) is 8.55. The van der Waals surface area contributed by atoms with Crippen LogP contribution in [0.2, 0.25) is 5.02 Å². The standard InChI is InChI=1S/C27H18ClN7O3S/c28-19-8-10-20(11-9-19)35-25(18-6-4-17(5-7-18)23-15-30-12-13-31-23)33-26-24(27(35)36)32-16-34(26)21-2-1-3-22(14-21)39(29,37)38/h1-16H,(H2,29,37,38). The number of primary sulfonamides is 1. The number of fused-ring (bicyclic) bond motifs is 1. The molecule has 6 rings (SSSR count). The van der Waals surface area contributed by atoms with Crippen molar-refractivity contribution in [2.24, 2.45) is 5.14 Å². The molecule has 0 spiro atoms. The van der Waals surface area contributed by atoms with Crippen molar-refractivity contribution in [1.82, 2.24) is 29.1 Å². The van der Waals surface area contributed by atoms with Crippen LogP contribution in [0.25, 0.3) is 45.2 Å². The highest BCUT2D eigenvalue weighted by atomic mass is 35.5. The first-order valence-corrected chi connectivity index (χ1v) is 13.5. The first-order chi connectivity index (χ1) is 18.8. The van der Waals surface area contributed by atoms with Gasteiger partial charge in [-0.1, -0.05) is 41.9 Å². The van der Waals surface area contributed by atoms with E-state index in [2.05, 4.69) is 15.0 Å². The number of hydrogen-bond donors (Lipinski definition) is 1. The van der Waals surface area contributed by atoms with E-state index < -0.39 is 15.6 Å². The summed E-state index contributed by atoms with van der Waals surface area (Å²) in [5, 5.41) is 5.85. The first kappa shape index (κ1) is 24.6. The molecule has 2 N–H and O–H groups in total. The van der Waals surface area contributed by atoms with Gasteiger partial charge < -0.3 is 0 Å². The maximum Gasteiger partial charge on any atom is 0.286 e. The number of hydrogen-bond acceptors (Lipinski definition) is 7. The quantitative estimate of drug-likeness (QED) is 0.339. The Morgan fingerprint density at radius 1 is 0.846 bits per heavy atom. The van der Waals surface area contributed by atoms with Crippen LogP contribution in [0.1, 0.15) is 0 Å². The third-order valence-electron chi connectivity index (χ3n) is 6.08. The van der Waals surface area contributed by atoms with Gasteiger partial charge in [-0.2, -0.15) is 0 Å². The second kappa shape index (κ2) is 9.55. The van der Waals surface area contributed by atoms with Crippen LogP contribution in [0.5, 0.6) is 0 Å². The van der Waals surface area contributed by atoms with Crippen LogP contribution in [-0.2, 0) is 10.0 Å². The van der Waals surface area contributed by atoms with Crippen LogP contribution in [-0.4, -0.2) is 37.5 Å². The normalized spacial score (nSPS) is 11.6. The molecule has 0 atom stereocenters. The summed E-state index contributed by atoms with van der Waals surface area (Å²) in [6, 6.07) is 20.3. The zero-order valence-electron chi connectivity index (χ0n) is 20.0. The fourth-order valence-electron chi connectivity index (χ4n) is 4.21. The molecule has 0 bridgehead atoms. The number of nitrogens with two attached hydrogens (primary N) is 1. The SMILES string of the molecule is NS(=O)(=O)c1cccc(-n2cnc3c(=O)n(-c4ccc(Cl)cc4)c(-c4ccc(-c5cnccn5)cc4)nc32)c1. The summed E-state index contributed by atoms with van der Waals surface area (Å²) < 4.78 is 26.9. The minimum Gasteiger partial charge on any atom is -0.283 e. The zero-order valence-corrected chi connectivity index (χ0v) is 21.6. The Labute approximate surface area is 227 Å². The molecule has 0 unspecified atom stereocenters. The van der Waals surface area contributed by atoms with E-state index in [4.69, 9.17) is 21.7 Å². The Balaban J connectivity index is 1.59. The fourth-order valence-corrected chi connectivity index (χ4v) is 4.89. The summed E-state index contributed by atoms with van der Waals surface area (Å²) in [5.41, 5.74) is 3.14. The third-order valence-corrected chi connectivity index (χ3v) is 7.25. The smallest absolute Gasteiger partial charge is 0.283 e. The molecule has 0 aliphatic carbocycles. The van der Waals surface area contributed by atoms with Crippen molar-refractivity contribution in [3.63, 3.8) is 0 Å². The largest absolute Gasteiger partial charge is 0.286 e. The van der Waals surface area contributed by atoms with Crippen molar-refractivity contribution >= 4 is 32.8 Å². The predicted molar refractivity (Wildman–Crippen MR) is 147 cm³/mol. The van der Waals surface area contributed by atoms with Crippen molar-refractivity contribution in [1.29, 1.82) is 0 Å². The summed E-state index contributed by atoms with van der Waals surface area (Å²) >= 11 is 6.10. The Morgan fingerprint density at radius 3 is 2.28 bits per heavy atom. The van der Waals surface area contributed by atoms with Crippen molar-refractivity contribution in [3.8, 4) is 34.0 Å². The summed E-state index contributed by atoms with van der Waals surface area (Å²) in [4.78, 5) is 31.4. The zero-order chi connectivity index (χ0) is 27.1. The maximum atomic E-state index is 13.8. The number of nitrogens with zero attached hydrogens (tertiary/aromatic N) is 6. The molecule has 10 nitrogen and oxygen atoms in total. The molecule has 192 valence electrons. The van der Waals surface area contributed by atoms with Crippen LogP contribution in [0, 0.1) is 0 Å². The number of halogens is 1. The molecular formula is C27H18ClN7O3S. The number of sulfonamides is 1. The molecule has 3 aromatic carbocycles. The van der Waals surface area contributed by atoms with E-state index >= 15 is 0 Å². The van der Waals surface area contributed by atoms with Crippen molar-refractivity contribution < 1.29 is 8.42 Å². The molecule has 0 aliphatic rings. The van der Waals surface area contributed by atoms with Gasteiger partial charge >= 0.3 is 0 Å². The molecule has 0 saturated heterocycles. The van der Waals surface area contributed by atoms with Gasteiger partial charge in [-0.05, 0) is 42.5 Å². The highest BCUT2D eigenvalue weighted by molar-refractivity contribution is 7.89. The predicted octanol–water partition coefficient (Wildman–Crippen LogP) is 4.00. The van der Waals surface area contributed by atoms with Gasteiger partial charge in [-0.3, -0.25) is 23.9 Å². The van der Waals surface area contributed by atoms with Gasteiger partial charge in [0.2, 0.25) is 10.0 Å². The molecule has 0 radical (unpaired) electrons. The Hall–Kier alpha value is -4.71. The van der Waals surface area contributed by atoms with E-state index in [0.717, 1.165) is 5.56 Å². The van der Waals surface area contributed by atoms with Gasteiger partial charge in [0, 0.05) is 34.2 Å². The number of aromatic nitrogens is 6. The highest BCUT2D eigenvalue weighted by Gasteiger charge is 2.20. The molecular weight excluding hydrogens is 538 g/mol. The molecule has 3 heterocycles. The minimum atomic E-state index is -3.94. The molecule has 0 fully saturated rings. The Bertz CT molecular complexity index is 2010. The first-order valence-electron chi connectivity index (χ1n) is 11.6. The van der Waals surface area contributed by atoms with Crippen LogP contribution >= 0.6 is 11.6 Å². The molecule has 39 heavy (non-hydrogen) atoms. The fraction of sp³-hybridized carbons (Fsp3) is 0. The number of rotatable bonds is 5. The van der Waals surface area contributed by atoms with Gasteiger partial charge in [0.05, 0.1) is 22.5 Å². The van der Waals surface area contributed by atoms with Crippen LogP contribution in [0.3, 0.4) is 0 Å². The highest BCUT2D eigenvalue weighted by Crippen LogP contribution is 2.27.